The van der Waals surface area contributed by atoms with Gasteiger partial charge < -0.3 is 9.47 Å². The van der Waals surface area contributed by atoms with E-state index in [9.17, 15) is 26.7 Å². The van der Waals surface area contributed by atoms with E-state index in [0.29, 0.717) is 24.7 Å². The van der Waals surface area contributed by atoms with Crippen molar-refractivity contribution in [3.63, 3.8) is 0 Å². The smallest absolute Gasteiger partial charge is 0.349 e. The van der Waals surface area contributed by atoms with E-state index in [0.717, 1.165) is 43.7 Å². The molecule has 0 N–H and O–H groups in total. The fraction of sp³-hybridized carbons (Fsp3) is 0.458. The highest BCUT2D eigenvalue weighted by Gasteiger charge is 2.24. The van der Waals surface area contributed by atoms with Gasteiger partial charge in [0.1, 0.15) is 28.7 Å². The maximum Gasteiger partial charge on any atom is 0.349 e. The van der Waals surface area contributed by atoms with Crippen molar-refractivity contribution in [1.29, 1.82) is 0 Å². The Kier molecular flexibility index (Phi) is 8.10. The van der Waals surface area contributed by atoms with Crippen LogP contribution in [0.3, 0.4) is 0 Å². The molecule has 174 valence electrons. The lowest BCUT2D eigenvalue weighted by Gasteiger charge is -2.28. The van der Waals surface area contributed by atoms with Crippen molar-refractivity contribution in [1.82, 2.24) is 0 Å². The van der Waals surface area contributed by atoms with Crippen LogP contribution in [0, 0.1) is 40.9 Å². The van der Waals surface area contributed by atoms with Crippen LogP contribution in [0.25, 0.3) is 0 Å². The molecule has 2 aromatic rings. The van der Waals surface area contributed by atoms with Crippen molar-refractivity contribution in [2.24, 2.45) is 11.8 Å². The lowest BCUT2D eigenvalue weighted by atomic mass is 9.80. The predicted molar refractivity (Wildman–Crippen MR) is 108 cm³/mol. The molecule has 0 atom stereocenters. The number of benzene rings is 2. The second-order valence-electron chi connectivity index (χ2n) is 8.19. The Morgan fingerprint density at radius 3 is 1.94 bits per heavy atom. The molecule has 32 heavy (non-hydrogen) atoms. The van der Waals surface area contributed by atoms with Gasteiger partial charge in [0.05, 0.1) is 6.61 Å². The highest BCUT2D eigenvalue weighted by atomic mass is 19.2. The summed E-state index contributed by atoms with van der Waals surface area (Å²) in [4.78, 5) is 12.1. The summed E-state index contributed by atoms with van der Waals surface area (Å²) in [5.74, 6) is -8.70. The Balaban J connectivity index is 1.60. The summed E-state index contributed by atoms with van der Waals surface area (Å²) in [5, 5.41) is 0. The van der Waals surface area contributed by atoms with Crippen molar-refractivity contribution in [2.45, 2.75) is 51.9 Å². The molecule has 0 bridgehead atoms. The van der Waals surface area contributed by atoms with Crippen LogP contribution in [-0.4, -0.2) is 12.6 Å². The SMILES string of the molecule is CCCCC1CCC(COc2cc(F)c(C(=O)Oc3cc(F)c(F)c(F)c3)c(F)c2)CC1. The monoisotopic (exact) mass is 456 g/mol. The van der Waals surface area contributed by atoms with Crippen LogP contribution in [0.2, 0.25) is 0 Å². The molecule has 2 aromatic carbocycles. The molecule has 0 aromatic heterocycles. The first-order valence-corrected chi connectivity index (χ1v) is 10.8. The minimum Gasteiger partial charge on any atom is -0.493 e. The molecule has 0 amide bonds. The third-order valence-corrected chi connectivity index (χ3v) is 5.81. The first kappa shape index (κ1) is 24.0. The topological polar surface area (TPSA) is 35.5 Å². The average Bonchev–Trinajstić information content (AvgIpc) is 2.74. The molecule has 0 spiro atoms. The number of ether oxygens (including phenoxy) is 2. The molecule has 1 aliphatic rings. The highest BCUT2D eigenvalue weighted by molar-refractivity contribution is 5.91. The summed E-state index contributed by atoms with van der Waals surface area (Å²) in [5.41, 5.74) is -1.04. The summed E-state index contributed by atoms with van der Waals surface area (Å²) in [7, 11) is 0. The zero-order chi connectivity index (χ0) is 23.3. The maximum atomic E-state index is 14.4. The van der Waals surface area contributed by atoms with E-state index >= 15 is 0 Å². The Bertz CT molecular complexity index is 909. The molecule has 0 aliphatic heterocycles. The largest absolute Gasteiger partial charge is 0.493 e. The van der Waals surface area contributed by atoms with Gasteiger partial charge in [-0.15, -0.1) is 0 Å². The van der Waals surface area contributed by atoms with Crippen LogP contribution in [0.4, 0.5) is 22.0 Å². The van der Waals surface area contributed by atoms with E-state index in [1.807, 2.05) is 0 Å². The molecular formula is C24H25F5O3. The third kappa shape index (κ3) is 5.99. The fourth-order valence-corrected chi connectivity index (χ4v) is 3.97. The normalized spacial score (nSPS) is 18.4. The van der Waals surface area contributed by atoms with Gasteiger partial charge in [-0.25, -0.2) is 26.7 Å². The van der Waals surface area contributed by atoms with Crippen LogP contribution in [0.1, 0.15) is 62.2 Å². The number of rotatable bonds is 8. The van der Waals surface area contributed by atoms with Gasteiger partial charge in [0.2, 0.25) is 0 Å². The predicted octanol–water partition coefficient (Wildman–Crippen LogP) is 6.98. The second kappa shape index (κ2) is 10.8. The van der Waals surface area contributed by atoms with Gasteiger partial charge in [0.15, 0.2) is 17.5 Å². The van der Waals surface area contributed by atoms with Crippen LogP contribution in [-0.2, 0) is 0 Å². The van der Waals surface area contributed by atoms with Gasteiger partial charge in [-0.05, 0) is 24.7 Å². The molecule has 1 aliphatic carbocycles. The van der Waals surface area contributed by atoms with Gasteiger partial charge in [-0.1, -0.05) is 39.0 Å². The van der Waals surface area contributed by atoms with E-state index in [1.165, 1.54) is 19.3 Å². The summed E-state index contributed by atoms with van der Waals surface area (Å²) in [6.07, 6.45) is 7.86. The van der Waals surface area contributed by atoms with E-state index in [-0.39, 0.29) is 5.75 Å². The molecule has 1 fully saturated rings. The molecule has 0 unspecified atom stereocenters. The Morgan fingerprint density at radius 1 is 0.844 bits per heavy atom. The minimum absolute atomic E-state index is 0.0662. The molecule has 0 heterocycles. The zero-order valence-corrected chi connectivity index (χ0v) is 17.7. The van der Waals surface area contributed by atoms with Crippen molar-refractivity contribution in [3.05, 3.63) is 58.9 Å². The Morgan fingerprint density at radius 2 is 1.38 bits per heavy atom. The van der Waals surface area contributed by atoms with Crippen LogP contribution < -0.4 is 9.47 Å². The third-order valence-electron chi connectivity index (χ3n) is 5.81. The number of hydrogen-bond donors (Lipinski definition) is 0. The molecule has 1 saturated carbocycles. The van der Waals surface area contributed by atoms with Crippen LogP contribution in [0.15, 0.2) is 24.3 Å². The molecule has 0 saturated heterocycles. The summed E-state index contributed by atoms with van der Waals surface area (Å²) in [6.45, 7) is 2.49. The van der Waals surface area contributed by atoms with Crippen LogP contribution >= 0.6 is 0 Å². The molecule has 0 radical (unpaired) electrons. The van der Waals surface area contributed by atoms with E-state index < -0.39 is 46.4 Å². The second-order valence-corrected chi connectivity index (χ2v) is 8.19. The van der Waals surface area contributed by atoms with E-state index in [1.54, 1.807) is 0 Å². The van der Waals surface area contributed by atoms with Crippen molar-refractivity contribution >= 4 is 5.97 Å². The average molecular weight is 456 g/mol. The summed E-state index contributed by atoms with van der Waals surface area (Å²) in [6, 6.07) is 2.53. The highest BCUT2D eigenvalue weighted by Crippen LogP contribution is 2.32. The number of halogens is 5. The lowest BCUT2D eigenvalue weighted by molar-refractivity contribution is 0.0723. The minimum atomic E-state index is -1.75. The molecule has 3 rings (SSSR count). The van der Waals surface area contributed by atoms with Crippen molar-refractivity contribution < 1.29 is 36.2 Å². The van der Waals surface area contributed by atoms with Gasteiger partial charge in [0.25, 0.3) is 0 Å². The quantitative estimate of drug-likeness (QED) is 0.186. The maximum absolute atomic E-state index is 14.4. The van der Waals surface area contributed by atoms with Gasteiger partial charge in [0, 0.05) is 24.3 Å². The van der Waals surface area contributed by atoms with Crippen molar-refractivity contribution in [2.75, 3.05) is 6.61 Å². The van der Waals surface area contributed by atoms with Crippen molar-refractivity contribution in [3.8, 4) is 11.5 Å². The van der Waals surface area contributed by atoms with Gasteiger partial charge in [-0.2, -0.15) is 0 Å². The number of hydrogen-bond acceptors (Lipinski definition) is 3. The van der Waals surface area contributed by atoms with E-state index in [2.05, 4.69) is 11.7 Å². The Hall–Kier alpha value is -2.64. The fourth-order valence-electron chi connectivity index (χ4n) is 3.97. The molecular weight excluding hydrogens is 431 g/mol. The van der Waals surface area contributed by atoms with Crippen LogP contribution in [0.5, 0.6) is 11.5 Å². The first-order valence-electron chi connectivity index (χ1n) is 10.8. The lowest BCUT2D eigenvalue weighted by Crippen LogP contribution is -2.20. The number of carbonyl (C=O) groups is 1. The molecule has 3 nitrogen and oxygen atoms in total. The number of unbranched alkanes of at least 4 members (excludes halogenated alkanes) is 1. The Labute approximate surface area is 183 Å². The van der Waals surface area contributed by atoms with E-state index in [4.69, 9.17) is 4.74 Å². The standard InChI is InChI=1S/C24H25F5O3/c1-2-3-4-14-5-7-15(8-6-14)13-31-16-9-18(25)22(19(26)10-16)24(30)32-17-11-20(27)23(29)21(28)12-17/h9-12,14-15H,2-8,13H2,1H3. The summed E-state index contributed by atoms with van der Waals surface area (Å²) < 4.78 is 78.4. The zero-order valence-electron chi connectivity index (χ0n) is 17.7. The first-order chi connectivity index (χ1) is 15.3. The van der Waals surface area contributed by atoms with Gasteiger partial charge in [-0.3, -0.25) is 0 Å². The summed E-state index contributed by atoms with van der Waals surface area (Å²) >= 11 is 0. The molecule has 8 heteroatoms. The number of esters is 1. The number of carbonyl (C=O) groups excluding carboxylic acids is 1. The van der Waals surface area contributed by atoms with Gasteiger partial charge >= 0.3 is 5.97 Å².